The third-order valence-corrected chi connectivity index (χ3v) is 4.55. The Morgan fingerprint density at radius 1 is 1.21 bits per heavy atom. The van der Waals surface area contributed by atoms with E-state index in [-0.39, 0.29) is 11.9 Å². The Labute approximate surface area is 165 Å². The number of hydrogen-bond acceptors (Lipinski definition) is 5. The van der Waals surface area contributed by atoms with Crippen LogP contribution in [0, 0.1) is 0 Å². The van der Waals surface area contributed by atoms with Crippen molar-refractivity contribution in [1.82, 2.24) is 10.2 Å². The summed E-state index contributed by atoms with van der Waals surface area (Å²) in [4.78, 5) is 14.4. The molecule has 0 spiro atoms. The second-order valence-electron chi connectivity index (χ2n) is 6.72. The number of ether oxygens (including phenoxy) is 3. The van der Waals surface area contributed by atoms with Crippen LogP contribution in [0.3, 0.4) is 0 Å². The smallest absolute Gasteiger partial charge is 0.244 e. The molecule has 2 aromatic carbocycles. The Bertz CT molecular complexity index is 817. The molecule has 3 rings (SSSR count). The molecule has 1 unspecified atom stereocenters. The van der Waals surface area contributed by atoms with Crippen LogP contribution in [0.1, 0.15) is 17.2 Å². The number of likely N-dealkylation sites (N-methyl/N-ethyl adjacent to an activating group) is 1. The van der Waals surface area contributed by atoms with Gasteiger partial charge >= 0.3 is 0 Å². The first-order valence-corrected chi connectivity index (χ1v) is 9.23. The van der Waals surface area contributed by atoms with Crippen LogP contribution in [0.4, 0.5) is 0 Å². The standard InChI is InChI=1S/C22H26N2O4/c1-24(2)18(17-7-5-4-6-8-17)15-23-21(25)10-9-16-13-19(26-3)22-20(14-16)27-11-12-28-22/h4-10,13-14,18H,11-12,15H2,1-3H3,(H,23,25)/b10-9+. The molecule has 0 fully saturated rings. The van der Waals surface area contributed by atoms with Gasteiger partial charge in [-0.2, -0.15) is 0 Å². The van der Waals surface area contributed by atoms with Gasteiger partial charge in [0.1, 0.15) is 13.2 Å². The van der Waals surface area contributed by atoms with Gasteiger partial charge in [-0.05, 0) is 43.4 Å². The number of methoxy groups -OCH3 is 1. The second kappa shape index (κ2) is 9.28. The first kappa shape index (κ1) is 19.8. The van der Waals surface area contributed by atoms with Gasteiger partial charge in [-0.1, -0.05) is 30.3 Å². The number of carbonyl (C=O) groups excluding carboxylic acids is 1. The lowest BCUT2D eigenvalue weighted by Gasteiger charge is -2.24. The molecule has 0 aliphatic carbocycles. The van der Waals surface area contributed by atoms with Crippen LogP contribution >= 0.6 is 0 Å². The van der Waals surface area contributed by atoms with Gasteiger partial charge in [0.15, 0.2) is 11.5 Å². The number of nitrogens with one attached hydrogen (secondary N) is 1. The quantitative estimate of drug-likeness (QED) is 0.746. The van der Waals surface area contributed by atoms with E-state index in [0.29, 0.717) is 37.0 Å². The molecule has 1 amide bonds. The third kappa shape index (κ3) is 4.84. The van der Waals surface area contributed by atoms with Gasteiger partial charge in [-0.25, -0.2) is 0 Å². The lowest BCUT2D eigenvalue weighted by Crippen LogP contribution is -2.33. The van der Waals surface area contributed by atoms with Crippen molar-refractivity contribution >= 4 is 12.0 Å². The van der Waals surface area contributed by atoms with Crippen LogP contribution in [-0.4, -0.2) is 51.8 Å². The van der Waals surface area contributed by atoms with Gasteiger partial charge in [0.25, 0.3) is 0 Å². The molecule has 0 aromatic heterocycles. The van der Waals surface area contributed by atoms with Gasteiger partial charge < -0.3 is 24.4 Å². The Hall–Kier alpha value is -2.99. The summed E-state index contributed by atoms with van der Waals surface area (Å²) in [6, 6.07) is 13.9. The van der Waals surface area contributed by atoms with E-state index < -0.39 is 0 Å². The summed E-state index contributed by atoms with van der Waals surface area (Å²) in [5, 5.41) is 2.97. The van der Waals surface area contributed by atoms with Crippen LogP contribution in [0.2, 0.25) is 0 Å². The summed E-state index contributed by atoms with van der Waals surface area (Å²) < 4.78 is 16.6. The fourth-order valence-electron chi connectivity index (χ4n) is 3.09. The first-order chi connectivity index (χ1) is 13.6. The zero-order valence-electron chi connectivity index (χ0n) is 16.5. The van der Waals surface area contributed by atoms with Gasteiger partial charge in [-0.3, -0.25) is 4.79 Å². The molecule has 1 aliphatic heterocycles. The molecule has 0 radical (unpaired) electrons. The molecule has 1 aliphatic rings. The topological polar surface area (TPSA) is 60.0 Å². The molecule has 1 heterocycles. The maximum atomic E-state index is 12.3. The summed E-state index contributed by atoms with van der Waals surface area (Å²) in [5.74, 6) is 1.67. The van der Waals surface area contributed by atoms with Gasteiger partial charge in [-0.15, -0.1) is 0 Å². The highest BCUT2D eigenvalue weighted by atomic mass is 16.6. The minimum atomic E-state index is -0.156. The van der Waals surface area contributed by atoms with E-state index in [1.54, 1.807) is 13.2 Å². The lowest BCUT2D eigenvalue weighted by molar-refractivity contribution is -0.116. The van der Waals surface area contributed by atoms with Crippen molar-refractivity contribution < 1.29 is 19.0 Å². The molecule has 2 aromatic rings. The average molecular weight is 382 g/mol. The Balaban J connectivity index is 1.65. The highest BCUT2D eigenvalue weighted by molar-refractivity contribution is 5.92. The van der Waals surface area contributed by atoms with Crippen LogP contribution in [-0.2, 0) is 4.79 Å². The molecule has 28 heavy (non-hydrogen) atoms. The van der Waals surface area contributed by atoms with Crippen LogP contribution in [0.5, 0.6) is 17.2 Å². The van der Waals surface area contributed by atoms with Gasteiger partial charge in [0.2, 0.25) is 11.7 Å². The normalized spacial score (nSPS) is 14.1. The zero-order chi connectivity index (χ0) is 19.9. The monoisotopic (exact) mass is 382 g/mol. The molecule has 1 atom stereocenters. The summed E-state index contributed by atoms with van der Waals surface area (Å²) >= 11 is 0. The number of amides is 1. The van der Waals surface area contributed by atoms with E-state index in [4.69, 9.17) is 14.2 Å². The highest BCUT2D eigenvalue weighted by Gasteiger charge is 2.18. The number of hydrogen-bond donors (Lipinski definition) is 1. The van der Waals surface area contributed by atoms with Gasteiger partial charge in [0, 0.05) is 12.6 Å². The number of carbonyl (C=O) groups is 1. The van der Waals surface area contributed by atoms with Crippen molar-refractivity contribution in [3.63, 3.8) is 0 Å². The fourth-order valence-corrected chi connectivity index (χ4v) is 3.09. The summed E-state index contributed by atoms with van der Waals surface area (Å²) in [6.07, 6.45) is 3.26. The van der Waals surface area contributed by atoms with E-state index in [2.05, 4.69) is 22.3 Å². The molecule has 0 bridgehead atoms. The average Bonchev–Trinajstić information content (AvgIpc) is 2.72. The maximum Gasteiger partial charge on any atom is 0.244 e. The summed E-state index contributed by atoms with van der Waals surface area (Å²) in [6.45, 7) is 1.51. The number of nitrogens with zero attached hydrogens (tertiary/aromatic N) is 1. The van der Waals surface area contributed by atoms with Gasteiger partial charge in [0.05, 0.1) is 13.2 Å². The molecule has 0 saturated heterocycles. The van der Waals surface area contributed by atoms with Crippen LogP contribution in [0.15, 0.2) is 48.5 Å². The zero-order valence-corrected chi connectivity index (χ0v) is 16.5. The fraction of sp³-hybridized carbons (Fsp3) is 0.318. The van der Waals surface area contributed by atoms with Crippen LogP contribution in [0.25, 0.3) is 6.08 Å². The SMILES string of the molecule is COc1cc(/C=C/C(=O)NCC(c2ccccc2)N(C)C)cc2c1OCCO2. The Kier molecular flexibility index (Phi) is 6.55. The number of benzene rings is 2. The van der Waals surface area contributed by atoms with Crippen molar-refractivity contribution in [3.8, 4) is 17.2 Å². The molecule has 1 N–H and O–H groups in total. The summed E-state index contributed by atoms with van der Waals surface area (Å²) in [5.41, 5.74) is 1.97. The molecule has 6 heteroatoms. The van der Waals surface area contributed by atoms with Crippen molar-refractivity contribution in [2.45, 2.75) is 6.04 Å². The van der Waals surface area contributed by atoms with Crippen molar-refractivity contribution in [1.29, 1.82) is 0 Å². The number of fused-ring (bicyclic) bond motifs is 1. The van der Waals surface area contributed by atoms with E-state index >= 15 is 0 Å². The Morgan fingerprint density at radius 3 is 2.68 bits per heavy atom. The second-order valence-corrected chi connectivity index (χ2v) is 6.72. The minimum Gasteiger partial charge on any atom is -0.493 e. The van der Waals surface area contributed by atoms with E-state index in [0.717, 1.165) is 11.1 Å². The summed E-state index contributed by atoms with van der Waals surface area (Å²) in [7, 11) is 5.58. The Morgan fingerprint density at radius 2 is 1.96 bits per heavy atom. The third-order valence-electron chi connectivity index (χ3n) is 4.55. The molecule has 148 valence electrons. The first-order valence-electron chi connectivity index (χ1n) is 9.23. The predicted octanol–water partition coefficient (Wildman–Crippen LogP) is 2.90. The van der Waals surface area contributed by atoms with Crippen molar-refractivity contribution in [2.24, 2.45) is 0 Å². The van der Waals surface area contributed by atoms with Crippen LogP contribution < -0.4 is 19.5 Å². The largest absolute Gasteiger partial charge is 0.493 e. The van der Waals surface area contributed by atoms with Crippen molar-refractivity contribution in [2.75, 3.05) is 41.0 Å². The molecular weight excluding hydrogens is 356 g/mol. The van der Waals surface area contributed by atoms with E-state index in [1.165, 1.54) is 6.08 Å². The minimum absolute atomic E-state index is 0.105. The molecule has 0 saturated carbocycles. The molecular formula is C22H26N2O4. The number of rotatable bonds is 7. The highest BCUT2D eigenvalue weighted by Crippen LogP contribution is 2.40. The van der Waals surface area contributed by atoms with Crippen molar-refractivity contribution in [3.05, 3.63) is 59.7 Å². The predicted molar refractivity (Wildman–Crippen MR) is 109 cm³/mol. The van der Waals surface area contributed by atoms with E-state index in [1.807, 2.05) is 44.4 Å². The maximum absolute atomic E-state index is 12.3. The lowest BCUT2D eigenvalue weighted by atomic mass is 10.1. The van der Waals surface area contributed by atoms with E-state index in [9.17, 15) is 4.79 Å². The molecule has 6 nitrogen and oxygen atoms in total.